The summed E-state index contributed by atoms with van der Waals surface area (Å²) >= 11 is 3.33. The van der Waals surface area contributed by atoms with Crippen LogP contribution in [0.15, 0.2) is 44.4 Å². The maximum absolute atomic E-state index is 12.3. The van der Waals surface area contributed by atoms with Crippen molar-refractivity contribution in [2.24, 2.45) is 5.10 Å². The van der Waals surface area contributed by atoms with Gasteiger partial charge in [0.1, 0.15) is 11.5 Å². The fraction of sp³-hybridized carbons (Fsp3) is 0.250. The first-order chi connectivity index (χ1) is 10.8. The lowest BCUT2D eigenvalue weighted by Gasteiger charge is -2.11. The summed E-state index contributed by atoms with van der Waals surface area (Å²) in [6.07, 6.45) is 0. The van der Waals surface area contributed by atoms with Crippen LogP contribution in [-0.2, 0) is 5.41 Å². The second-order valence-corrected chi connectivity index (χ2v) is 6.74. The summed E-state index contributed by atoms with van der Waals surface area (Å²) in [6.45, 7) is 13.0. The van der Waals surface area contributed by atoms with Gasteiger partial charge in [-0.3, -0.25) is 4.79 Å². The maximum Gasteiger partial charge on any atom is 0.343 e. The van der Waals surface area contributed by atoms with Gasteiger partial charge in [-0.2, -0.15) is 0 Å². The molecular formula is C16H15BrN4O2. The smallest absolute Gasteiger partial charge is 0.343 e. The molecular weight excluding hydrogens is 360 g/mol. The van der Waals surface area contributed by atoms with Gasteiger partial charge in [0.15, 0.2) is 0 Å². The van der Waals surface area contributed by atoms with Gasteiger partial charge >= 0.3 is 5.84 Å². The van der Waals surface area contributed by atoms with E-state index in [2.05, 4.69) is 36.5 Å². The monoisotopic (exact) mass is 374 g/mol. The van der Waals surface area contributed by atoms with E-state index in [0.717, 1.165) is 4.47 Å². The van der Waals surface area contributed by atoms with Crippen LogP contribution in [0, 0.1) is 6.57 Å². The lowest BCUT2D eigenvalue weighted by atomic mass is 9.93. The number of benzene rings is 1. The summed E-state index contributed by atoms with van der Waals surface area (Å²) in [7, 11) is 0. The van der Waals surface area contributed by atoms with Crippen LogP contribution >= 0.6 is 15.9 Å². The predicted octanol–water partition coefficient (Wildman–Crippen LogP) is 4.26. The first kappa shape index (κ1) is 16.9. The molecule has 0 atom stereocenters. The molecule has 1 aromatic heterocycles. The van der Waals surface area contributed by atoms with Crippen molar-refractivity contribution in [3.05, 3.63) is 57.7 Å². The van der Waals surface area contributed by atoms with Gasteiger partial charge in [0.2, 0.25) is 5.78 Å². The summed E-state index contributed by atoms with van der Waals surface area (Å²) in [6, 6.07) is 8.73. The molecule has 118 valence electrons. The zero-order valence-electron chi connectivity index (χ0n) is 12.9. The number of nitrogens with one attached hydrogen (secondary N) is 1. The number of hydrogen-bond acceptors (Lipinski definition) is 5. The Balaban J connectivity index is 2.18. The van der Waals surface area contributed by atoms with Gasteiger partial charge in [0.05, 0.1) is 5.69 Å². The van der Waals surface area contributed by atoms with Crippen molar-refractivity contribution in [2.75, 3.05) is 5.43 Å². The summed E-state index contributed by atoms with van der Waals surface area (Å²) < 4.78 is 6.09. The molecule has 0 aliphatic heterocycles. The third kappa shape index (κ3) is 4.27. The molecule has 0 saturated carbocycles. The molecule has 23 heavy (non-hydrogen) atoms. The van der Waals surface area contributed by atoms with Crippen LogP contribution in [0.2, 0.25) is 0 Å². The average molecular weight is 375 g/mol. The molecule has 0 amide bonds. The molecule has 1 aromatic carbocycles. The van der Waals surface area contributed by atoms with Crippen molar-refractivity contribution in [1.82, 2.24) is 5.16 Å². The Morgan fingerprint density at radius 1 is 1.35 bits per heavy atom. The third-order valence-electron chi connectivity index (χ3n) is 2.93. The quantitative estimate of drug-likeness (QED) is 0.285. The van der Waals surface area contributed by atoms with Gasteiger partial charge in [-0.15, -0.1) is 0 Å². The van der Waals surface area contributed by atoms with Crippen LogP contribution in [0.25, 0.3) is 4.85 Å². The number of anilines is 1. The van der Waals surface area contributed by atoms with E-state index in [4.69, 9.17) is 11.1 Å². The molecule has 0 bridgehead atoms. The lowest BCUT2D eigenvalue weighted by molar-refractivity contribution is 0.105. The second-order valence-electron chi connectivity index (χ2n) is 5.82. The van der Waals surface area contributed by atoms with Crippen LogP contribution in [0.1, 0.15) is 37.0 Å². The Bertz CT molecular complexity index is 780. The summed E-state index contributed by atoms with van der Waals surface area (Å²) in [5, 5.41) is 7.59. The van der Waals surface area contributed by atoms with E-state index in [1.54, 1.807) is 18.2 Å². The molecule has 0 aliphatic carbocycles. The third-order valence-corrected chi connectivity index (χ3v) is 3.45. The number of carbonyl (C=O) groups is 1. The van der Waals surface area contributed by atoms with E-state index in [1.165, 1.54) is 0 Å². The largest absolute Gasteiger partial charge is 0.360 e. The normalized spacial score (nSPS) is 11.9. The van der Waals surface area contributed by atoms with Crippen molar-refractivity contribution < 1.29 is 9.32 Å². The number of ketones is 1. The Kier molecular flexibility index (Phi) is 4.96. The second kappa shape index (κ2) is 6.75. The zero-order chi connectivity index (χ0) is 17.0. The van der Waals surface area contributed by atoms with Crippen molar-refractivity contribution in [3.63, 3.8) is 0 Å². The number of halogens is 1. The topological polar surface area (TPSA) is 71.8 Å². The fourth-order valence-corrected chi connectivity index (χ4v) is 1.88. The van der Waals surface area contributed by atoms with E-state index < -0.39 is 5.78 Å². The van der Waals surface area contributed by atoms with Crippen molar-refractivity contribution in [1.29, 1.82) is 0 Å². The lowest BCUT2D eigenvalue weighted by Crippen LogP contribution is -2.13. The van der Waals surface area contributed by atoms with Gasteiger partial charge in [-0.25, -0.2) is 5.43 Å². The molecule has 0 unspecified atom stereocenters. The number of hydrogen-bond donors (Lipinski definition) is 1. The molecule has 7 heteroatoms. The number of rotatable bonds is 4. The van der Waals surface area contributed by atoms with Gasteiger partial charge < -0.3 is 9.37 Å². The molecule has 0 fully saturated rings. The standard InChI is InChI=1S/C16H15BrN4O2/c1-16(2,3)13-9-12(21-23-13)14(22)15(18-4)20-19-11-7-5-10(17)6-8-11/h5-9,19H,1-3H3/b20-15+. The van der Waals surface area contributed by atoms with Crippen LogP contribution < -0.4 is 5.43 Å². The first-order valence-corrected chi connectivity index (χ1v) is 7.59. The summed E-state index contributed by atoms with van der Waals surface area (Å²) in [5.41, 5.74) is 3.15. The SMILES string of the molecule is [C-]#[N+]/C(=N/Nc1ccc(Br)cc1)C(=O)c1cc(C(C)(C)C)on1. The van der Waals surface area contributed by atoms with Crippen molar-refractivity contribution in [2.45, 2.75) is 26.2 Å². The Morgan fingerprint density at radius 3 is 2.52 bits per heavy atom. The fourth-order valence-electron chi connectivity index (χ4n) is 1.62. The van der Waals surface area contributed by atoms with E-state index in [0.29, 0.717) is 11.4 Å². The van der Waals surface area contributed by atoms with E-state index in [1.807, 2.05) is 32.9 Å². The Morgan fingerprint density at radius 2 is 2.00 bits per heavy atom. The first-order valence-electron chi connectivity index (χ1n) is 6.80. The van der Waals surface area contributed by atoms with Crippen LogP contribution in [0.5, 0.6) is 0 Å². The minimum atomic E-state index is -0.580. The van der Waals surface area contributed by atoms with E-state index in [9.17, 15) is 4.79 Å². The Hall–Kier alpha value is -2.46. The number of carbonyl (C=O) groups excluding carboxylic acids is 1. The molecule has 2 aromatic rings. The molecule has 0 saturated heterocycles. The van der Waals surface area contributed by atoms with Crippen molar-refractivity contribution in [3.8, 4) is 0 Å². The molecule has 2 rings (SSSR count). The number of Topliss-reactive ketones (excluding diaryl/α,β-unsaturated/α-hetero) is 1. The number of hydrazone groups is 1. The highest BCUT2D eigenvalue weighted by Crippen LogP contribution is 2.23. The molecule has 0 aliphatic rings. The van der Waals surface area contributed by atoms with Crippen LogP contribution in [0.4, 0.5) is 5.69 Å². The highest BCUT2D eigenvalue weighted by atomic mass is 79.9. The van der Waals surface area contributed by atoms with E-state index in [-0.39, 0.29) is 16.9 Å². The number of nitrogens with zero attached hydrogens (tertiary/aromatic N) is 3. The van der Waals surface area contributed by atoms with Gasteiger partial charge in [-0.1, -0.05) is 48.4 Å². The highest BCUT2D eigenvalue weighted by Gasteiger charge is 2.24. The van der Waals surface area contributed by atoms with E-state index >= 15 is 0 Å². The summed E-state index contributed by atoms with van der Waals surface area (Å²) in [4.78, 5) is 15.4. The molecule has 0 spiro atoms. The molecule has 1 N–H and O–H groups in total. The van der Waals surface area contributed by atoms with Crippen LogP contribution in [0.3, 0.4) is 0 Å². The number of amidine groups is 1. The Labute approximate surface area is 142 Å². The van der Waals surface area contributed by atoms with Gasteiger partial charge in [0.25, 0.3) is 0 Å². The molecule has 0 radical (unpaired) electrons. The summed E-state index contributed by atoms with van der Waals surface area (Å²) in [5.74, 6) is -0.309. The highest BCUT2D eigenvalue weighted by molar-refractivity contribution is 9.10. The average Bonchev–Trinajstić information content (AvgIpc) is 2.99. The minimum Gasteiger partial charge on any atom is -0.360 e. The predicted molar refractivity (Wildman–Crippen MR) is 91.3 cm³/mol. The minimum absolute atomic E-state index is 0.0716. The van der Waals surface area contributed by atoms with Crippen molar-refractivity contribution >= 4 is 33.2 Å². The van der Waals surface area contributed by atoms with Crippen LogP contribution in [-0.4, -0.2) is 16.8 Å². The number of aromatic nitrogens is 1. The van der Waals surface area contributed by atoms with Gasteiger partial charge in [0, 0.05) is 16.0 Å². The maximum atomic E-state index is 12.3. The molecule has 6 nitrogen and oxygen atoms in total. The molecule has 1 heterocycles. The zero-order valence-corrected chi connectivity index (χ0v) is 14.5. The van der Waals surface area contributed by atoms with Gasteiger partial charge in [-0.05, 0) is 29.4 Å².